The molecular formula is C26H32N4O4. The Morgan fingerprint density at radius 2 is 1.79 bits per heavy atom. The molecule has 2 aliphatic heterocycles. The van der Waals surface area contributed by atoms with E-state index in [4.69, 9.17) is 4.74 Å². The van der Waals surface area contributed by atoms with Gasteiger partial charge in [-0.3, -0.25) is 19.3 Å². The van der Waals surface area contributed by atoms with Gasteiger partial charge in [-0.25, -0.2) is 0 Å². The zero-order valence-electron chi connectivity index (χ0n) is 19.6. The minimum absolute atomic E-state index is 0.0688. The van der Waals surface area contributed by atoms with E-state index in [-0.39, 0.29) is 24.1 Å². The van der Waals surface area contributed by atoms with Gasteiger partial charge in [0.15, 0.2) is 0 Å². The van der Waals surface area contributed by atoms with Crippen LogP contribution in [0.3, 0.4) is 0 Å². The maximum absolute atomic E-state index is 13.0. The second kappa shape index (κ2) is 11.3. The Bertz CT molecular complexity index is 1030. The van der Waals surface area contributed by atoms with Crippen molar-refractivity contribution in [3.05, 3.63) is 59.7 Å². The smallest absolute Gasteiger partial charge is 0.253 e. The van der Waals surface area contributed by atoms with E-state index in [9.17, 15) is 14.4 Å². The van der Waals surface area contributed by atoms with E-state index in [1.165, 1.54) is 0 Å². The highest BCUT2D eigenvalue weighted by molar-refractivity contribution is 6.07. The second-order valence-electron chi connectivity index (χ2n) is 8.79. The van der Waals surface area contributed by atoms with Crippen LogP contribution in [0.25, 0.3) is 0 Å². The summed E-state index contributed by atoms with van der Waals surface area (Å²) in [5, 5.41) is 5.83. The molecule has 0 saturated carbocycles. The van der Waals surface area contributed by atoms with Crippen molar-refractivity contribution in [3.63, 3.8) is 0 Å². The molecule has 34 heavy (non-hydrogen) atoms. The standard InChI is InChI=1S/C26H32N4O4/c1-19-7-2-5-10-23(19)30-18-20(17-24(30)31)25(32)28-22-9-4-3-8-21(22)26(33)27-11-6-12-29-13-15-34-16-14-29/h2-5,7-10,20H,6,11-18H2,1H3,(H,27,33)(H,28,32)/t20-/m0/s1. The number of nitrogens with one attached hydrogen (secondary N) is 2. The topological polar surface area (TPSA) is 91.0 Å². The molecule has 2 aromatic rings. The molecule has 0 unspecified atom stereocenters. The number of amides is 3. The van der Waals surface area contributed by atoms with Gasteiger partial charge in [-0.2, -0.15) is 0 Å². The molecule has 3 amide bonds. The van der Waals surface area contributed by atoms with Crippen molar-refractivity contribution in [2.75, 3.05) is 56.2 Å². The molecule has 2 saturated heterocycles. The average molecular weight is 465 g/mol. The van der Waals surface area contributed by atoms with E-state index in [0.717, 1.165) is 50.5 Å². The summed E-state index contributed by atoms with van der Waals surface area (Å²) in [4.78, 5) is 42.4. The van der Waals surface area contributed by atoms with Gasteiger partial charge in [0.2, 0.25) is 11.8 Å². The summed E-state index contributed by atoms with van der Waals surface area (Å²) >= 11 is 0. The second-order valence-corrected chi connectivity index (χ2v) is 8.79. The molecule has 4 rings (SSSR count). The lowest BCUT2D eigenvalue weighted by Crippen LogP contribution is -2.38. The number of benzene rings is 2. The van der Waals surface area contributed by atoms with Crippen LogP contribution in [0.4, 0.5) is 11.4 Å². The van der Waals surface area contributed by atoms with Crippen molar-refractivity contribution in [2.45, 2.75) is 19.8 Å². The summed E-state index contributed by atoms with van der Waals surface area (Å²) < 4.78 is 5.36. The number of nitrogens with zero attached hydrogens (tertiary/aromatic N) is 2. The highest BCUT2D eigenvalue weighted by Gasteiger charge is 2.36. The number of morpholine rings is 1. The van der Waals surface area contributed by atoms with E-state index in [1.807, 2.05) is 31.2 Å². The Hall–Kier alpha value is -3.23. The van der Waals surface area contributed by atoms with Crippen LogP contribution in [0.15, 0.2) is 48.5 Å². The van der Waals surface area contributed by atoms with E-state index in [1.54, 1.807) is 29.2 Å². The molecule has 1 atom stereocenters. The maximum Gasteiger partial charge on any atom is 0.253 e. The molecule has 2 aliphatic rings. The number of aryl methyl sites for hydroxylation is 1. The Morgan fingerprint density at radius 1 is 1.06 bits per heavy atom. The minimum Gasteiger partial charge on any atom is -0.379 e. The molecule has 0 aromatic heterocycles. The Labute approximate surface area is 200 Å². The van der Waals surface area contributed by atoms with Crippen molar-refractivity contribution in [3.8, 4) is 0 Å². The number of hydrogen-bond acceptors (Lipinski definition) is 5. The highest BCUT2D eigenvalue weighted by Crippen LogP contribution is 2.28. The third-order valence-corrected chi connectivity index (χ3v) is 6.37. The molecule has 0 bridgehead atoms. The summed E-state index contributed by atoms with van der Waals surface area (Å²) in [6.07, 6.45) is 0.995. The number of carbonyl (C=O) groups excluding carboxylic acids is 3. The predicted octanol–water partition coefficient (Wildman–Crippen LogP) is 2.44. The van der Waals surface area contributed by atoms with Gasteiger partial charge in [0.05, 0.1) is 30.4 Å². The first-order valence-electron chi connectivity index (χ1n) is 11.9. The van der Waals surface area contributed by atoms with Crippen molar-refractivity contribution < 1.29 is 19.1 Å². The van der Waals surface area contributed by atoms with Crippen molar-refractivity contribution >= 4 is 29.1 Å². The lowest BCUT2D eigenvalue weighted by Gasteiger charge is -2.26. The summed E-state index contributed by atoms with van der Waals surface area (Å²) in [7, 11) is 0. The molecule has 180 valence electrons. The van der Waals surface area contributed by atoms with Crippen LogP contribution >= 0.6 is 0 Å². The van der Waals surface area contributed by atoms with Gasteiger partial charge in [-0.15, -0.1) is 0 Å². The van der Waals surface area contributed by atoms with Crippen molar-refractivity contribution in [1.29, 1.82) is 0 Å². The lowest BCUT2D eigenvalue weighted by molar-refractivity contribution is -0.122. The minimum atomic E-state index is -0.475. The Balaban J connectivity index is 1.32. The number of hydrogen-bond donors (Lipinski definition) is 2. The molecule has 8 nitrogen and oxygen atoms in total. The van der Waals surface area contributed by atoms with Gasteiger partial charge in [0.1, 0.15) is 0 Å². The number of anilines is 2. The first-order chi connectivity index (χ1) is 16.5. The van der Waals surface area contributed by atoms with Gasteiger partial charge in [0.25, 0.3) is 5.91 Å². The predicted molar refractivity (Wildman–Crippen MR) is 131 cm³/mol. The molecule has 0 radical (unpaired) electrons. The summed E-state index contributed by atoms with van der Waals surface area (Å²) in [5.74, 6) is -1.02. The van der Waals surface area contributed by atoms with E-state index in [0.29, 0.717) is 24.3 Å². The molecule has 2 fully saturated rings. The molecule has 2 aromatic carbocycles. The summed E-state index contributed by atoms with van der Waals surface area (Å²) in [5.41, 5.74) is 2.70. The van der Waals surface area contributed by atoms with E-state index < -0.39 is 5.92 Å². The van der Waals surface area contributed by atoms with Crippen molar-refractivity contribution in [1.82, 2.24) is 10.2 Å². The third-order valence-electron chi connectivity index (χ3n) is 6.37. The van der Waals surface area contributed by atoms with E-state index >= 15 is 0 Å². The number of rotatable bonds is 8. The molecule has 8 heteroatoms. The first-order valence-corrected chi connectivity index (χ1v) is 11.9. The van der Waals surface area contributed by atoms with Crippen LogP contribution in [0, 0.1) is 12.8 Å². The van der Waals surface area contributed by atoms with Crippen molar-refractivity contribution in [2.24, 2.45) is 5.92 Å². The Kier molecular flexibility index (Phi) is 7.92. The summed E-state index contributed by atoms with van der Waals surface area (Å²) in [6, 6.07) is 14.6. The largest absolute Gasteiger partial charge is 0.379 e. The molecule has 2 N–H and O–H groups in total. The lowest BCUT2D eigenvalue weighted by atomic mass is 10.1. The van der Waals surface area contributed by atoms with Crippen LogP contribution in [0.1, 0.15) is 28.8 Å². The van der Waals surface area contributed by atoms with Crippen LogP contribution in [0.2, 0.25) is 0 Å². The fourth-order valence-electron chi connectivity index (χ4n) is 4.43. The zero-order chi connectivity index (χ0) is 23.9. The normalized spacial score (nSPS) is 18.7. The molecule has 0 aliphatic carbocycles. The van der Waals surface area contributed by atoms with Gasteiger partial charge >= 0.3 is 0 Å². The van der Waals surface area contributed by atoms with E-state index in [2.05, 4.69) is 15.5 Å². The highest BCUT2D eigenvalue weighted by atomic mass is 16.5. The van der Waals surface area contributed by atoms with Gasteiger partial charge in [-0.1, -0.05) is 30.3 Å². The average Bonchev–Trinajstić information content (AvgIpc) is 3.24. The van der Waals surface area contributed by atoms with Crippen LogP contribution < -0.4 is 15.5 Å². The van der Waals surface area contributed by atoms with Crippen LogP contribution in [0.5, 0.6) is 0 Å². The fourth-order valence-corrected chi connectivity index (χ4v) is 4.43. The van der Waals surface area contributed by atoms with Crippen LogP contribution in [-0.4, -0.2) is 68.6 Å². The quantitative estimate of drug-likeness (QED) is 0.586. The fraction of sp³-hybridized carbons (Fsp3) is 0.423. The zero-order valence-corrected chi connectivity index (χ0v) is 19.6. The monoisotopic (exact) mass is 464 g/mol. The number of para-hydroxylation sites is 2. The number of carbonyl (C=O) groups is 3. The maximum atomic E-state index is 13.0. The summed E-state index contributed by atoms with van der Waals surface area (Å²) in [6.45, 7) is 7.11. The molecule has 0 spiro atoms. The molecular weight excluding hydrogens is 432 g/mol. The number of ether oxygens (including phenoxy) is 1. The SMILES string of the molecule is Cc1ccccc1N1C[C@@H](C(=O)Nc2ccccc2C(=O)NCCCN2CCOCC2)CC1=O. The van der Waals surface area contributed by atoms with Crippen LogP contribution in [-0.2, 0) is 14.3 Å². The first kappa shape index (κ1) is 23.9. The van der Waals surface area contributed by atoms with Gasteiger partial charge in [-0.05, 0) is 43.7 Å². The Morgan fingerprint density at radius 3 is 2.59 bits per heavy atom. The third kappa shape index (κ3) is 5.81. The molecule has 2 heterocycles. The van der Waals surface area contributed by atoms with Gasteiger partial charge in [0, 0.05) is 38.3 Å². The van der Waals surface area contributed by atoms with Gasteiger partial charge < -0.3 is 20.3 Å².